The lowest BCUT2D eigenvalue weighted by Crippen LogP contribution is -1.89. The zero-order valence-corrected chi connectivity index (χ0v) is 7.27. The van der Waals surface area contributed by atoms with Crippen LogP contribution in [0.25, 0.3) is 0 Å². The maximum absolute atomic E-state index is 10.7. The van der Waals surface area contributed by atoms with Gasteiger partial charge in [0, 0.05) is 5.69 Å². The van der Waals surface area contributed by atoms with Crippen LogP contribution in [0.3, 0.4) is 0 Å². The highest BCUT2D eigenvalue weighted by atomic mass is 35.5. The summed E-state index contributed by atoms with van der Waals surface area (Å²) in [5.41, 5.74) is 1.99. The summed E-state index contributed by atoms with van der Waals surface area (Å²) >= 11 is 5.24. The average molecular weight is 183 g/mol. The third-order valence-electron chi connectivity index (χ3n) is 1.59. The highest BCUT2D eigenvalue weighted by Gasteiger charge is 2.08. The molecule has 0 atom stereocenters. The fraction of sp³-hybridized carbons (Fsp3) is 0.250. The van der Waals surface area contributed by atoms with Gasteiger partial charge in [-0.2, -0.15) is 5.26 Å². The smallest absolute Gasteiger partial charge is 0.268 e. The van der Waals surface area contributed by atoms with E-state index in [-0.39, 0.29) is 6.42 Å². The Balaban J connectivity index is 3.02. The van der Waals surface area contributed by atoms with Crippen molar-refractivity contribution in [1.29, 1.82) is 5.26 Å². The quantitative estimate of drug-likeness (QED) is 0.709. The molecular formula is C8H7ClN2O. The van der Waals surface area contributed by atoms with Crippen LogP contribution < -0.4 is 0 Å². The Hall–Kier alpha value is -1.27. The van der Waals surface area contributed by atoms with Crippen LogP contribution in [0.15, 0.2) is 6.07 Å². The molecule has 0 radical (unpaired) electrons. The number of hydrogen-bond donors (Lipinski definition) is 1. The van der Waals surface area contributed by atoms with Crippen LogP contribution in [-0.4, -0.2) is 10.2 Å². The van der Waals surface area contributed by atoms with Crippen LogP contribution in [0.1, 0.15) is 21.7 Å². The van der Waals surface area contributed by atoms with Gasteiger partial charge in [-0.3, -0.25) is 4.79 Å². The van der Waals surface area contributed by atoms with Gasteiger partial charge in [0.25, 0.3) is 5.24 Å². The summed E-state index contributed by atoms with van der Waals surface area (Å²) in [6.07, 6.45) is 0.274. The van der Waals surface area contributed by atoms with E-state index in [1.54, 1.807) is 6.07 Å². The molecule has 62 valence electrons. The third kappa shape index (κ3) is 1.66. The van der Waals surface area contributed by atoms with Gasteiger partial charge in [-0.25, -0.2) is 0 Å². The number of aromatic nitrogens is 1. The lowest BCUT2D eigenvalue weighted by Gasteiger charge is -1.88. The minimum atomic E-state index is -0.526. The summed E-state index contributed by atoms with van der Waals surface area (Å²) in [6, 6.07) is 3.63. The zero-order valence-electron chi connectivity index (χ0n) is 6.52. The predicted molar refractivity (Wildman–Crippen MR) is 45.0 cm³/mol. The summed E-state index contributed by atoms with van der Waals surface area (Å²) in [4.78, 5) is 13.4. The molecule has 0 saturated heterocycles. The molecule has 0 aliphatic rings. The SMILES string of the molecule is Cc1cc(C(=O)Cl)[nH]c1CC#N. The van der Waals surface area contributed by atoms with Gasteiger partial charge in [0.15, 0.2) is 0 Å². The molecule has 0 unspecified atom stereocenters. The van der Waals surface area contributed by atoms with Crippen LogP contribution in [0, 0.1) is 18.3 Å². The Morgan fingerprint density at radius 1 is 1.83 bits per heavy atom. The average Bonchev–Trinajstić information content (AvgIpc) is 2.34. The van der Waals surface area contributed by atoms with E-state index in [0.717, 1.165) is 11.3 Å². The molecule has 0 aromatic carbocycles. The van der Waals surface area contributed by atoms with Crippen molar-refractivity contribution in [2.45, 2.75) is 13.3 Å². The van der Waals surface area contributed by atoms with Gasteiger partial charge >= 0.3 is 0 Å². The van der Waals surface area contributed by atoms with Crippen molar-refractivity contribution in [3.8, 4) is 6.07 Å². The lowest BCUT2D eigenvalue weighted by molar-refractivity contribution is 0.107. The second-order valence-corrected chi connectivity index (χ2v) is 2.80. The Bertz CT molecular complexity index is 348. The second-order valence-electron chi connectivity index (χ2n) is 2.45. The number of rotatable bonds is 2. The number of carbonyl (C=O) groups excluding carboxylic acids is 1. The summed E-state index contributed by atoms with van der Waals surface area (Å²) in [5.74, 6) is 0. The molecule has 0 aliphatic carbocycles. The maximum Gasteiger partial charge on any atom is 0.268 e. The fourth-order valence-electron chi connectivity index (χ4n) is 0.969. The standard InChI is InChI=1S/C8H7ClN2O/c1-5-4-7(8(9)12)11-6(5)2-3-10/h4,11H,2H2,1H3. The Labute approximate surface area is 75.0 Å². The fourth-order valence-corrected chi connectivity index (χ4v) is 1.07. The molecule has 0 fully saturated rings. The van der Waals surface area contributed by atoms with Crippen molar-refractivity contribution in [3.05, 3.63) is 23.0 Å². The topological polar surface area (TPSA) is 56.6 Å². The molecular weight excluding hydrogens is 176 g/mol. The number of carbonyl (C=O) groups is 1. The minimum absolute atomic E-state index is 0.274. The van der Waals surface area contributed by atoms with Gasteiger partial charge in [0.1, 0.15) is 0 Å². The van der Waals surface area contributed by atoms with Crippen LogP contribution in [0.2, 0.25) is 0 Å². The first-order chi connectivity index (χ1) is 5.65. The first-order valence-electron chi connectivity index (χ1n) is 3.40. The highest BCUT2D eigenvalue weighted by Crippen LogP contribution is 2.11. The Morgan fingerprint density at radius 2 is 2.50 bits per heavy atom. The molecule has 1 aromatic heterocycles. The van der Waals surface area contributed by atoms with Gasteiger partial charge in [0.05, 0.1) is 18.2 Å². The highest BCUT2D eigenvalue weighted by molar-refractivity contribution is 6.67. The number of aromatic amines is 1. The zero-order chi connectivity index (χ0) is 9.14. The van der Waals surface area contributed by atoms with E-state index >= 15 is 0 Å². The van der Waals surface area contributed by atoms with Gasteiger partial charge in [0.2, 0.25) is 0 Å². The van der Waals surface area contributed by atoms with E-state index in [9.17, 15) is 4.79 Å². The largest absolute Gasteiger partial charge is 0.354 e. The number of hydrogen-bond acceptors (Lipinski definition) is 2. The normalized spacial score (nSPS) is 9.42. The number of nitrogens with zero attached hydrogens (tertiary/aromatic N) is 1. The van der Waals surface area contributed by atoms with Gasteiger partial charge in [-0.05, 0) is 30.2 Å². The Morgan fingerprint density at radius 3 is 2.92 bits per heavy atom. The second kappa shape index (κ2) is 3.42. The number of aryl methyl sites for hydroxylation is 1. The number of nitrogens with one attached hydrogen (secondary N) is 1. The van der Waals surface area contributed by atoms with E-state index in [0.29, 0.717) is 5.69 Å². The van der Waals surface area contributed by atoms with Crippen molar-refractivity contribution in [2.75, 3.05) is 0 Å². The van der Waals surface area contributed by atoms with Crippen molar-refractivity contribution in [3.63, 3.8) is 0 Å². The minimum Gasteiger partial charge on any atom is -0.354 e. The number of halogens is 1. The van der Waals surface area contributed by atoms with Crippen molar-refractivity contribution >= 4 is 16.8 Å². The van der Waals surface area contributed by atoms with E-state index in [2.05, 4.69) is 4.98 Å². The number of nitriles is 1. The van der Waals surface area contributed by atoms with Crippen molar-refractivity contribution < 1.29 is 4.79 Å². The molecule has 0 spiro atoms. The summed E-state index contributed by atoms with van der Waals surface area (Å²) in [5, 5.41) is 7.88. The first-order valence-corrected chi connectivity index (χ1v) is 3.78. The molecule has 12 heavy (non-hydrogen) atoms. The molecule has 1 rings (SSSR count). The van der Waals surface area contributed by atoms with E-state index in [1.807, 2.05) is 13.0 Å². The molecule has 4 heteroatoms. The van der Waals surface area contributed by atoms with Gasteiger partial charge < -0.3 is 4.98 Å². The molecule has 0 bridgehead atoms. The van der Waals surface area contributed by atoms with Crippen molar-refractivity contribution in [2.24, 2.45) is 0 Å². The molecule has 1 heterocycles. The summed E-state index contributed by atoms with van der Waals surface area (Å²) in [6.45, 7) is 1.83. The van der Waals surface area contributed by atoms with Gasteiger partial charge in [-0.1, -0.05) is 0 Å². The maximum atomic E-state index is 10.7. The number of H-pyrrole nitrogens is 1. The van der Waals surface area contributed by atoms with E-state index in [4.69, 9.17) is 16.9 Å². The Kier molecular flexibility index (Phi) is 2.51. The van der Waals surface area contributed by atoms with E-state index in [1.165, 1.54) is 0 Å². The molecule has 0 amide bonds. The van der Waals surface area contributed by atoms with Crippen LogP contribution in [-0.2, 0) is 6.42 Å². The molecule has 1 aromatic rings. The lowest BCUT2D eigenvalue weighted by atomic mass is 10.2. The summed E-state index contributed by atoms with van der Waals surface area (Å²) in [7, 11) is 0. The van der Waals surface area contributed by atoms with Crippen LogP contribution in [0.4, 0.5) is 0 Å². The first kappa shape index (κ1) is 8.82. The predicted octanol–water partition coefficient (Wildman–Crippen LogP) is 1.77. The van der Waals surface area contributed by atoms with Crippen LogP contribution in [0.5, 0.6) is 0 Å². The van der Waals surface area contributed by atoms with E-state index < -0.39 is 5.24 Å². The molecule has 0 saturated carbocycles. The molecule has 1 N–H and O–H groups in total. The van der Waals surface area contributed by atoms with Crippen molar-refractivity contribution in [1.82, 2.24) is 4.98 Å². The van der Waals surface area contributed by atoms with Crippen LogP contribution >= 0.6 is 11.6 Å². The molecule has 3 nitrogen and oxygen atoms in total. The van der Waals surface area contributed by atoms with Gasteiger partial charge in [-0.15, -0.1) is 0 Å². The third-order valence-corrected chi connectivity index (χ3v) is 1.79. The monoisotopic (exact) mass is 182 g/mol. The summed E-state index contributed by atoms with van der Waals surface area (Å²) < 4.78 is 0. The molecule has 0 aliphatic heterocycles.